The molecule has 12 nitrogen and oxygen atoms in total. The molecule has 0 aromatic rings. The minimum absolute atomic E-state index is 0. The fraction of sp³-hybridized carbons (Fsp3) is 0. The zero-order chi connectivity index (χ0) is 18.7. The van der Waals surface area contributed by atoms with Crippen LogP contribution in [0.15, 0.2) is 13.2 Å². The van der Waals surface area contributed by atoms with Gasteiger partial charge in [-0.2, -0.15) is 33.7 Å². The van der Waals surface area contributed by atoms with Crippen molar-refractivity contribution in [2.75, 3.05) is 0 Å². The second-order valence-electron chi connectivity index (χ2n) is 1.93. The van der Waals surface area contributed by atoms with Gasteiger partial charge < -0.3 is 6.15 Å². The molecule has 0 radical (unpaired) electrons. The van der Waals surface area contributed by atoms with Crippen LogP contribution in [0.5, 0.6) is 0 Å². The first kappa shape index (κ1) is 32.9. The Kier molecular flexibility index (Phi) is 18.9. The fourth-order valence-electron chi connectivity index (χ4n) is 0.119. The fourth-order valence-corrected chi connectivity index (χ4v) is 1.07. The van der Waals surface area contributed by atoms with Crippen molar-refractivity contribution in [3.63, 3.8) is 0 Å². The molecule has 20 heteroatoms. The molecule has 0 aliphatic rings. The molecule has 0 aliphatic carbocycles. The Bertz CT molecular complexity index is 606. The summed E-state index contributed by atoms with van der Waals surface area (Å²) in [5.74, 6) is 0. The van der Waals surface area contributed by atoms with Gasteiger partial charge in [-0.1, -0.05) is 19.7 Å². The highest BCUT2D eigenvalue weighted by molar-refractivity contribution is 7.99. The van der Waals surface area contributed by atoms with Gasteiger partial charge in [0.25, 0.3) is 10.2 Å². The minimum atomic E-state index is -5.67. The predicted octanol–water partition coefficient (Wildman–Crippen LogP) is -1.71. The summed E-state index contributed by atoms with van der Waals surface area (Å²) in [5.41, 5.74) is 0. The Hall–Kier alpha value is -0.900. The monoisotopic (exact) mass is 424 g/mol. The summed E-state index contributed by atoms with van der Waals surface area (Å²) in [6.07, 6.45) is 0. The van der Waals surface area contributed by atoms with Crippen molar-refractivity contribution < 1.29 is 49.2 Å². The number of hydrogen-bond acceptors (Lipinski definition) is 9. The van der Waals surface area contributed by atoms with Crippen LogP contribution in [0.25, 0.3) is 0 Å². The van der Waals surface area contributed by atoms with Crippen LogP contribution in [0.4, 0.5) is 15.5 Å². The lowest BCUT2D eigenvalue weighted by atomic mass is 11.3. The van der Waals surface area contributed by atoms with Gasteiger partial charge in [-0.3, -0.25) is 0 Å². The number of nitrogens with one attached hydrogen (secondary N) is 1. The van der Waals surface area contributed by atoms with E-state index < -0.39 is 41.6 Å². The first-order valence-electron chi connectivity index (χ1n) is 3.33. The van der Waals surface area contributed by atoms with Crippen molar-refractivity contribution in [1.82, 2.24) is 10.3 Å². The molecule has 0 aromatic heterocycles. The summed E-state index contributed by atoms with van der Waals surface area (Å²) in [6, 6.07) is 0. The summed E-state index contributed by atoms with van der Waals surface area (Å²) >= 11 is 0. The molecule has 0 atom stereocenters. The maximum atomic E-state index is 11.1. The van der Waals surface area contributed by atoms with E-state index in [2.05, 4.69) is 23.4 Å². The van der Waals surface area contributed by atoms with E-state index in [9.17, 15) is 40.8 Å². The first-order chi connectivity index (χ1) is 8.71. The number of rotatable bonds is 2. The molecule has 0 amide bonds. The molecule has 0 saturated carbocycles. The van der Waals surface area contributed by atoms with Gasteiger partial charge >= 0.3 is 31.4 Å². The second kappa shape index (κ2) is 12.6. The molecular weight excluding hydrogens is 412 g/mol. The van der Waals surface area contributed by atoms with Crippen LogP contribution < -0.4 is 20.6 Å². The molecule has 0 rings (SSSR count). The van der Waals surface area contributed by atoms with Crippen LogP contribution in [-0.2, 0) is 41.6 Å². The van der Waals surface area contributed by atoms with E-state index in [0.29, 0.717) is 0 Å². The predicted molar refractivity (Wildman–Crippen MR) is 67.9 cm³/mol. The van der Waals surface area contributed by atoms with Crippen LogP contribution in [-0.4, -0.2) is 33.7 Å². The van der Waals surface area contributed by atoms with Crippen molar-refractivity contribution >= 4 is 41.6 Å². The SMILES string of the molecule is C=C.N.NS(N)(=O)=O.O=S(=O)(F)F.O=S(=O)(F)NS(=O)(=O)F. The lowest BCUT2D eigenvalue weighted by molar-refractivity contribution is 0.501. The molecule has 0 saturated heterocycles. The Labute approximate surface area is 125 Å². The van der Waals surface area contributed by atoms with E-state index in [0.717, 1.165) is 0 Å². The van der Waals surface area contributed by atoms with Crippen LogP contribution in [0.2, 0.25) is 0 Å². The van der Waals surface area contributed by atoms with Crippen molar-refractivity contribution in [1.29, 1.82) is 0 Å². The highest BCUT2D eigenvalue weighted by atomic mass is 32.3. The number of hydrogen-bond donors (Lipinski definition) is 4. The van der Waals surface area contributed by atoms with Crippen LogP contribution in [0.1, 0.15) is 0 Å². The molecule has 0 spiro atoms. The Morgan fingerprint density at radius 1 is 0.682 bits per heavy atom. The normalized spacial score (nSPS) is 11.0. The van der Waals surface area contributed by atoms with Gasteiger partial charge in [0.1, 0.15) is 0 Å². The van der Waals surface area contributed by atoms with E-state index in [4.69, 9.17) is 8.42 Å². The maximum absolute atomic E-state index is 11.1. The summed E-state index contributed by atoms with van der Waals surface area (Å²) in [5, 5.41) is 8.21. The highest BCUT2D eigenvalue weighted by Gasteiger charge is 2.17. The first-order valence-corrected chi connectivity index (χ1v) is 8.99. The standard InChI is InChI=1S/C2H4.F2HNO4S2.F2O2S.H4N2O2S.H3N/c1-2;1-8(4,5)3-9(2,6)7;2*1-5(2,3)4;/h1-2H2;3H;;(H4,1,2,3,4);1H3. The average Bonchev–Trinajstić information content (AvgIpc) is 1.92. The van der Waals surface area contributed by atoms with Crippen LogP contribution in [0, 0.1) is 0 Å². The van der Waals surface area contributed by atoms with E-state index >= 15 is 0 Å². The van der Waals surface area contributed by atoms with E-state index in [1.807, 2.05) is 0 Å². The van der Waals surface area contributed by atoms with E-state index in [1.165, 1.54) is 0 Å². The maximum Gasteiger partial charge on any atom is 0.476 e. The largest absolute Gasteiger partial charge is 0.476 e. The molecule has 140 valence electrons. The molecule has 22 heavy (non-hydrogen) atoms. The van der Waals surface area contributed by atoms with Gasteiger partial charge in [-0.15, -0.1) is 13.2 Å². The Morgan fingerprint density at radius 2 is 0.773 bits per heavy atom. The molecule has 0 aromatic carbocycles. The summed E-state index contributed by atoms with van der Waals surface area (Å²) in [7, 11) is -20.3. The van der Waals surface area contributed by atoms with Gasteiger partial charge in [0, 0.05) is 0 Å². The summed E-state index contributed by atoms with van der Waals surface area (Å²) in [6.45, 7) is 6.00. The molecule has 0 heterocycles. The van der Waals surface area contributed by atoms with Crippen molar-refractivity contribution in [2.24, 2.45) is 10.3 Å². The summed E-state index contributed by atoms with van der Waals surface area (Å²) in [4.78, 5) is 0. The van der Waals surface area contributed by atoms with Crippen molar-refractivity contribution in [3.05, 3.63) is 13.2 Å². The number of halogens is 4. The minimum Gasteiger partial charge on any atom is -0.344 e. The molecule has 0 fully saturated rings. The van der Waals surface area contributed by atoms with Gasteiger partial charge in [0.15, 0.2) is 0 Å². The number of nitrogens with two attached hydrogens (primary N) is 2. The third kappa shape index (κ3) is 241. The molecule has 0 unspecified atom stereocenters. The Balaban J connectivity index is -0.0000000644. The van der Waals surface area contributed by atoms with Gasteiger partial charge in [0.2, 0.25) is 0 Å². The summed E-state index contributed by atoms with van der Waals surface area (Å²) < 4.78 is 114. The molecule has 0 aliphatic heterocycles. The van der Waals surface area contributed by atoms with Crippen LogP contribution >= 0.6 is 0 Å². The smallest absolute Gasteiger partial charge is 0.344 e. The lowest BCUT2D eigenvalue weighted by Gasteiger charge is -1.87. The molecule has 8 N–H and O–H groups in total. The van der Waals surface area contributed by atoms with E-state index in [1.54, 1.807) is 0 Å². The Morgan fingerprint density at radius 3 is 0.773 bits per heavy atom. The van der Waals surface area contributed by atoms with Gasteiger partial charge in [-0.05, 0) is 0 Å². The zero-order valence-electron chi connectivity index (χ0n) is 10.2. The van der Waals surface area contributed by atoms with Crippen LogP contribution in [0.3, 0.4) is 0 Å². The lowest BCUT2D eigenvalue weighted by Crippen LogP contribution is -2.23. The third-order valence-electron chi connectivity index (χ3n) is 0.199. The molecular formula is C2H12F4N4O8S4. The average molecular weight is 424 g/mol. The topological polar surface area (TPSA) is 236 Å². The third-order valence-corrected chi connectivity index (χ3v) is 1.79. The molecule has 0 bridgehead atoms. The highest BCUT2D eigenvalue weighted by Crippen LogP contribution is 1.90. The van der Waals surface area contributed by atoms with E-state index in [-0.39, 0.29) is 10.3 Å². The zero-order valence-corrected chi connectivity index (χ0v) is 13.5. The van der Waals surface area contributed by atoms with Crippen molar-refractivity contribution in [2.45, 2.75) is 0 Å². The van der Waals surface area contributed by atoms with Gasteiger partial charge in [-0.25, -0.2) is 10.3 Å². The quantitative estimate of drug-likeness (QED) is 0.224. The van der Waals surface area contributed by atoms with Crippen molar-refractivity contribution in [3.8, 4) is 0 Å². The second-order valence-corrected chi connectivity index (χ2v) is 6.28. The van der Waals surface area contributed by atoms with Gasteiger partial charge in [0.05, 0.1) is 0 Å².